The van der Waals surface area contributed by atoms with Crippen molar-refractivity contribution in [2.75, 3.05) is 0 Å². The maximum Gasteiger partial charge on any atom is 0.221 e. The van der Waals surface area contributed by atoms with Crippen LogP contribution in [0.3, 0.4) is 0 Å². The van der Waals surface area contributed by atoms with Gasteiger partial charge in [0.25, 0.3) is 0 Å². The molecule has 0 radical (unpaired) electrons. The molecule has 62 valence electrons. The van der Waals surface area contributed by atoms with E-state index in [4.69, 9.17) is 11.0 Å². The molecule has 0 fully saturated rings. The van der Waals surface area contributed by atoms with Crippen molar-refractivity contribution in [3.63, 3.8) is 0 Å². The summed E-state index contributed by atoms with van der Waals surface area (Å²) in [6, 6.07) is 1.95. The van der Waals surface area contributed by atoms with Crippen molar-refractivity contribution in [2.45, 2.75) is 26.7 Å². The van der Waals surface area contributed by atoms with Gasteiger partial charge < -0.3 is 5.73 Å². The first-order valence-corrected chi connectivity index (χ1v) is 3.74. The van der Waals surface area contributed by atoms with Gasteiger partial charge in [0.2, 0.25) is 5.91 Å². The standard InChI is InChI=1S/C8H14N2O/c1-6(2)5-7(3-4-9)8(10)11/h6-7H,3,5H2,1-2H3,(H2,10,11). The molecule has 0 heterocycles. The number of carbonyl (C=O) groups excluding carboxylic acids is 1. The largest absolute Gasteiger partial charge is 0.369 e. The predicted molar refractivity (Wildman–Crippen MR) is 42.4 cm³/mol. The first kappa shape index (κ1) is 9.96. The Morgan fingerprint density at radius 1 is 1.64 bits per heavy atom. The molecule has 0 aromatic carbocycles. The van der Waals surface area contributed by atoms with E-state index in [0.29, 0.717) is 12.3 Å². The van der Waals surface area contributed by atoms with E-state index in [9.17, 15) is 4.79 Å². The van der Waals surface area contributed by atoms with Gasteiger partial charge in [-0.1, -0.05) is 13.8 Å². The maximum absolute atomic E-state index is 10.7. The second kappa shape index (κ2) is 4.73. The molecule has 2 N–H and O–H groups in total. The lowest BCUT2D eigenvalue weighted by molar-refractivity contribution is -0.122. The second-order valence-electron chi connectivity index (χ2n) is 3.09. The molecular weight excluding hydrogens is 140 g/mol. The van der Waals surface area contributed by atoms with Gasteiger partial charge in [0.15, 0.2) is 0 Å². The number of carbonyl (C=O) groups is 1. The van der Waals surface area contributed by atoms with Crippen molar-refractivity contribution in [3.05, 3.63) is 0 Å². The summed E-state index contributed by atoms with van der Waals surface area (Å²) >= 11 is 0. The molecule has 0 aliphatic heterocycles. The summed E-state index contributed by atoms with van der Waals surface area (Å²) in [5, 5.41) is 8.34. The van der Waals surface area contributed by atoms with Crippen LogP contribution in [0.25, 0.3) is 0 Å². The summed E-state index contributed by atoms with van der Waals surface area (Å²) in [4.78, 5) is 10.7. The zero-order chi connectivity index (χ0) is 8.85. The zero-order valence-corrected chi connectivity index (χ0v) is 7.00. The molecule has 11 heavy (non-hydrogen) atoms. The number of hydrogen-bond donors (Lipinski definition) is 1. The van der Waals surface area contributed by atoms with Gasteiger partial charge >= 0.3 is 0 Å². The van der Waals surface area contributed by atoms with E-state index in [-0.39, 0.29) is 18.2 Å². The van der Waals surface area contributed by atoms with E-state index < -0.39 is 0 Å². The average molecular weight is 154 g/mol. The van der Waals surface area contributed by atoms with Gasteiger partial charge in [-0.2, -0.15) is 5.26 Å². The van der Waals surface area contributed by atoms with Crippen LogP contribution in [0.4, 0.5) is 0 Å². The van der Waals surface area contributed by atoms with E-state index in [1.807, 2.05) is 19.9 Å². The van der Waals surface area contributed by atoms with Gasteiger partial charge in [-0.25, -0.2) is 0 Å². The molecule has 3 heteroatoms. The summed E-state index contributed by atoms with van der Waals surface area (Å²) in [6.45, 7) is 4.01. The van der Waals surface area contributed by atoms with Crippen molar-refractivity contribution in [1.82, 2.24) is 0 Å². The van der Waals surface area contributed by atoms with Gasteiger partial charge in [0, 0.05) is 6.42 Å². The molecule has 0 aliphatic carbocycles. The van der Waals surface area contributed by atoms with Gasteiger partial charge in [0.1, 0.15) is 0 Å². The Bertz CT molecular complexity index is 169. The fraction of sp³-hybridized carbons (Fsp3) is 0.750. The molecule has 0 aromatic heterocycles. The number of rotatable bonds is 4. The number of amides is 1. The van der Waals surface area contributed by atoms with E-state index in [1.54, 1.807) is 0 Å². The second-order valence-corrected chi connectivity index (χ2v) is 3.09. The summed E-state index contributed by atoms with van der Waals surface area (Å²) < 4.78 is 0. The molecular formula is C8H14N2O. The number of nitriles is 1. The van der Waals surface area contributed by atoms with Crippen LogP contribution < -0.4 is 5.73 Å². The van der Waals surface area contributed by atoms with E-state index in [0.717, 1.165) is 0 Å². The van der Waals surface area contributed by atoms with Gasteiger partial charge in [0.05, 0.1) is 12.0 Å². The highest BCUT2D eigenvalue weighted by atomic mass is 16.1. The van der Waals surface area contributed by atoms with Crippen LogP contribution >= 0.6 is 0 Å². The maximum atomic E-state index is 10.7. The van der Waals surface area contributed by atoms with Crippen molar-refractivity contribution in [1.29, 1.82) is 5.26 Å². The lowest BCUT2D eigenvalue weighted by Crippen LogP contribution is -2.24. The number of hydrogen-bond acceptors (Lipinski definition) is 2. The predicted octanol–water partition coefficient (Wildman–Crippen LogP) is 1.05. The Labute approximate surface area is 67.2 Å². The molecule has 0 aliphatic rings. The van der Waals surface area contributed by atoms with Gasteiger partial charge in [-0.05, 0) is 12.3 Å². The minimum atomic E-state index is -0.361. The van der Waals surface area contributed by atoms with E-state index >= 15 is 0 Å². The fourth-order valence-corrected chi connectivity index (χ4v) is 0.979. The first-order chi connectivity index (χ1) is 5.07. The van der Waals surface area contributed by atoms with Crippen molar-refractivity contribution >= 4 is 5.91 Å². The molecule has 1 unspecified atom stereocenters. The Morgan fingerprint density at radius 3 is 2.45 bits per heavy atom. The fourth-order valence-electron chi connectivity index (χ4n) is 0.979. The average Bonchev–Trinajstić information content (AvgIpc) is 1.86. The minimum Gasteiger partial charge on any atom is -0.369 e. The molecule has 3 nitrogen and oxygen atoms in total. The third-order valence-electron chi connectivity index (χ3n) is 1.50. The molecule has 1 amide bonds. The normalized spacial score (nSPS) is 12.5. The Hall–Kier alpha value is -1.04. The lowest BCUT2D eigenvalue weighted by atomic mass is 9.94. The zero-order valence-electron chi connectivity index (χ0n) is 7.00. The smallest absolute Gasteiger partial charge is 0.221 e. The monoisotopic (exact) mass is 154 g/mol. The minimum absolute atomic E-state index is 0.244. The molecule has 1 atom stereocenters. The Kier molecular flexibility index (Phi) is 4.28. The van der Waals surface area contributed by atoms with Crippen LogP contribution in [0.1, 0.15) is 26.7 Å². The van der Waals surface area contributed by atoms with Crippen molar-refractivity contribution in [3.8, 4) is 6.07 Å². The van der Waals surface area contributed by atoms with Crippen LogP contribution in [-0.2, 0) is 4.79 Å². The Balaban J connectivity index is 3.92. The van der Waals surface area contributed by atoms with Crippen LogP contribution in [0.15, 0.2) is 0 Å². The third kappa shape index (κ3) is 4.38. The topological polar surface area (TPSA) is 66.9 Å². The highest BCUT2D eigenvalue weighted by Crippen LogP contribution is 2.13. The van der Waals surface area contributed by atoms with Crippen LogP contribution in [0.2, 0.25) is 0 Å². The number of nitrogens with zero attached hydrogens (tertiary/aromatic N) is 1. The summed E-state index contributed by atoms with van der Waals surface area (Å²) in [5.74, 6) is -0.207. The molecule has 0 aromatic rings. The summed E-state index contributed by atoms with van der Waals surface area (Å²) in [5.41, 5.74) is 5.08. The number of primary amides is 1. The summed E-state index contributed by atoms with van der Waals surface area (Å²) in [7, 11) is 0. The quantitative estimate of drug-likeness (QED) is 0.657. The molecule has 0 saturated carbocycles. The van der Waals surface area contributed by atoms with Crippen LogP contribution in [0, 0.1) is 23.2 Å². The first-order valence-electron chi connectivity index (χ1n) is 3.74. The van der Waals surface area contributed by atoms with Crippen LogP contribution in [-0.4, -0.2) is 5.91 Å². The molecule has 0 spiro atoms. The highest BCUT2D eigenvalue weighted by molar-refractivity contribution is 5.76. The van der Waals surface area contributed by atoms with Crippen molar-refractivity contribution < 1.29 is 4.79 Å². The SMILES string of the molecule is CC(C)CC(CC#N)C(N)=O. The van der Waals surface area contributed by atoms with Gasteiger partial charge in [-0.15, -0.1) is 0 Å². The number of nitrogens with two attached hydrogens (primary N) is 1. The van der Waals surface area contributed by atoms with E-state index in [2.05, 4.69) is 0 Å². The highest BCUT2D eigenvalue weighted by Gasteiger charge is 2.15. The Morgan fingerprint density at radius 2 is 2.18 bits per heavy atom. The van der Waals surface area contributed by atoms with Crippen molar-refractivity contribution in [2.24, 2.45) is 17.6 Å². The molecule has 0 saturated heterocycles. The van der Waals surface area contributed by atoms with Crippen LogP contribution in [0.5, 0.6) is 0 Å². The van der Waals surface area contributed by atoms with Gasteiger partial charge in [-0.3, -0.25) is 4.79 Å². The third-order valence-corrected chi connectivity index (χ3v) is 1.50. The lowest BCUT2D eigenvalue weighted by Gasteiger charge is -2.10. The van der Waals surface area contributed by atoms with E-state index in [1.165, 1.54) is 0 Å². The molecule has 0 bridgehead atoms. The summed E-state index contributed by atoms with van der Waals surface area (Å²) in [6.07, 6.45) is 0.955. The molecule has 0 rings (SSSR count).